The zero-order valence-corrected chi connectivity index (χ0v) is 25.5. The van der Waals surface area contributed by atoms with Gasteiger partial charge in [-0.3, -0.25) is 9.59 Å². The Labute approximate surface area is 258 Å². The van der Waals surface area contributed by atoms with Gasteiger partial charge in [0, 0.05) is 12.1 Å². The number of hydrogen-bond acceptors (Lipinski definition) is 8. The Hall–Kier alpha value is -1.66. The molecular weight excluding hydrogens is 620 g/mol. The highest BCUT2D eigenvalue weighted by Gasteiger charge is 2.62. The van der Waals surface area contributed by atoms with Crippen LogP contribution >= 0.6 is 46.4 Å². The summed E-state index contributed by atoms with van der Waals surface area (Å²) >= 11 is 26.0. The maximum absolute atomic E-state index is 14.0. The molecule has 0 unspecified atom stereocenters. The molecule has 13 heteroatoms. The van der Waals surface area contributed by atoms with E-state index in [4.69, 9.17) is 70.1 Å². The van der Waals surface area contributed by atoms with Crippen LogP contribution in [0.4, 0.5) is 0 Å². The summed E-state index contributed by atoms with van der Waals surface area (Å²) < 4.78 is 27.8. The zero-order chi connectivity index (χ0) is 29.6. The first-order chi connectivity index (χ1) is 19.6. The molecule has 1 amide bonds. The minimum absolute atomic E-state index is 0.0127. The summed E-state index contributed by atoms with van der Waals surface area (Å²) in [4.78, 5) is 27.8. The second-order valence-electron chi connectivity index (χ2n) is 9.69. The first kappa shape index (κ1) is 32.3. The van der Waals surface area contributed by atoms with E-state index in [1.807, 2.05) is 6.07 Å². The lowest BCUT2D eigenvalue weighted by molar-refractivity contribution is -0.164. The fourth-order valence-corrected chi connectivity index (χ4v) is 6.10. The van der Waals surface area contributed by atoms with Crippen molar-refractivity contribution in [2.75, 3.05) is 66.0 Å². The van der Waals surface area contributed by atoms with Gasteiger partial charge in [-0.25, -0.2) is 0 Å². The molecule has 1 N–H and O–H groups in total. The standard InChI is InChI=1S/C28H31Cl4NO8/c1-27(18-5-3-2-4-6-18)17-40-14-13-38-10-9-37-11-12-39-15-16-41-19(34)7-8-33-26(35)20-21(28(27,33)36)23(30)25(32)24(31)22(20)29/h2-6,36H,7-17H2,1H3/t27-,28-/m1/s1. The van der Waals surface area contributed by atoms with Crippen LogP contribution in [-0.4, -0.2) is 87.9 Å². The number of rotatable bonds is 1. The normalized spacial score (nSPS) is 25.8. The molecule has 2 aromatic rings. The number of benzene rings is 2. The SMILES string of the molecule is C[C@]1(c2ccccc2)COCCOCCOCCOCCOC(=O)CCN2C(=O)c3c(Cl)c(Cl)c(Cl)c(Cl)c3[C@]21O. The van der Waals surface area contributed by atoms with Crippen molar-refractivity contribution in [2.24, 2.45) is 0 Å². The van der Waals surface area contributed by atoms with Gasteiger partial charge in [-0.05, 0) is 12.5 Å². The second-order valence-corrected chi connectivity index (χ2v) is 11.2. The minimum atomic E-state index is -2.17. The van der Waals surface area contributed by atoms with Crippen molar-refractivity contribution in [3.05, 3.63) is 67.1 Å². The number of fused-ring (bicyclic) bond motifs is 3. The van der Waals surface area contributed by atoms with E-state index in [9.17, 15) is 14.7 Å². The Kier molecular flexibility index (Phi) is 11.2. The topological polar surface area (TPSA) is 104 Å². The Balaban J connectivity index is 1.80. The van der Waals surface area contributed by atoms with Crippen molar-refractivity contribution in [2.45, 2.75) is 24.5 Å². The van der Waals surface area contributed by atoms with Gasteiger partial charge in [0.15, 0.2) is 5.72 Å². The summed E-state index contributed by atoms with van der Waals surface area (Å²) in [5.74, 6) is -1.26. The van der Waals surface area contributed by atoms with Crippen LogP contribution in [0.1, 0.15) is 34.8 Å². The van der Waals surface area contributed by atoms with E-state index in [0.717, 1.165) is 4.90 Å². The smallest absolute Gasteiger partial charge is 0.307 e. The summed E-state index contributed by atoms with van der Waals surface area (Å²) in [5, 5.41) is 12.3. The fraction of sp³-hybridized carbons (Fsp3) is 0.500. The quantitative estimate of drug-likeness (QED) is 0.265. The van der Waals surface area contributed by atoms with Crippen LogP contribution in [0.25, 0.3) is 0 Å². The fourth-order valence-electron chi connectivity index (χ4n) is 5.03. The highest BCUT2D eigenvalue weighted by molar-refractivity contribution is 6.53. The van der Waals surface area contributed by atoms with Crippen LogP contribution in [0, 0.1) is 0 Å². The summed E-state index contributed by atoms with van der Waals surface area (Å²) in [6.07, 6.45) is -0.235. The Bertz CT molecular complexity index is 1250. The maximum Gasteiger partial charge on any atom is 0.307 e. The lowest BCUT2D eigenvalue weighted by Gasteiger charge is -2.48. The van der Waals surface area contributed by atoms with Crippen LogP contribution in [-0.2, 0) is 39.6 Å². The summed E-state index contributed by atoms with van der Waals surface area (Å²) in [6, 6.07) is 9.03. The predicted octanol–water partition coefficient (Wildman–Crippen LogP) is 4.87. The zero-order valence-electron chi connectivity index (χ0n) is 22.4. The van der Waals surface area contributed by atoms with Crippen LogP contribution in [0.2, 0.25) is 20.1 Å². The van der Waals surface area contributed by atoms with E-state index in [-0.39, 0.29) is 77.2 Å². The molecule has 41 heavy (non-hydrogen) atoms. The number of halogens is 4. The molecule has 0 aromatic heterocycles. The molecule has 0 spiro atoms. The van der Waals surface area contributed by atoms with Gasteiger partial charge in [0.1, 0.15) is 6.61 Å². The van der Waals surface area contributed by atoms with E-state index < -0.39 is 23.0 Å². The molecule has 2 aromatic carbocycles. The second kappa shape index (κ2) is 14.2. The number of carbonyl (C=O) groups is 2. The third-order valence-electron chi connectivity index (χ3n) is 7.18. The molecule has 0 aliphatic carbocycles. The van der Waals surface area contributed by atoms with Crippen LogP contribution < -0.4 is 0 Å². The Morgan fingerprint density at radius 1 is 0.756 bits per heavy atom. The largest absolute Gasteiger partial charge is 0.463 e. The molecule has 2 aliphatic heterocycles. The van der Waals surface area contributed by atoms with Gasteiger partial charge in [0.25, 0.3) is 5.91 Å². The van der Waals surface area contributed by atoms with Crippen molar-refractivity contribution in [3.8, 4) is 0 Å². The lowest BCUT2D eigenvalue weighted by Crippen LogP contribution is -2.59. The van der Waals surface area contributed by atoms with Crippen molar-refractivity contribution in [1.29, 1.82) is 0 Å². The average molecular weight is 651 g/mol. The van der Waals surface area contributed by atoms with Gasteiger partial charge in [-0.1, -0.05) is 76.7 Å². The number of esters is 1. The van der Waals surface area contributed by atoms with E-state index in [1.54, 1.807) is 31.2 Å². The van der Waals surface area contributed by atoms with Crippen LogP contribution in [0.15, 0.2) is 30.3 Å². The Morgan fingerprint density at radius 2 is 1.29 bits per heavy atom. The van der Waals surface area contributed by atoms with Crippen LogP contribution in [0.3, 0.4) is 0 Å². The first-order valence-corrected chi connectivity index (χ1v) is 14.6. The summed E-state index contributed by atoms with van der Waals surface area (Å²) in [5.41, 5.74) is -3.01. The van der Waals surface area contributed by atoms with E-state index in [0.29, 0.717) is 32.0 Å². The van der Waals surface area contributed by atoms with Gasteiger partial charge in [0.05, 0.1) is 90.3 Å². The Morgan fingerprint density at radius 3 is 1.90 bits per heavy atom. The molecular formula is C28H31Cl4NO8. The predicted molar refractivity (Wildman–Crippen MR) is 154 cm³/mol. The van der Waals surface area contributed by atoms with E-state index in [2.05, 4.69) is 0 Å². The average Bonchev–Trinajstić information content (AvgIpc) is 3.20. The minimum Gasteiger partial charge on any atom is -0.463 e. The van der Waals surface area contributed by atoms with Crippen molar-refractivity contribution in [3.63, 3.8) is 0 Å². The van der Waals surface area contributed by atoms with E-state index in [1.165, 1.54) is 0 Å². The molecule has 4 rings (SSSR count). The van der Waals surface area contributed by atoms with Crippen molar-refractivity contribution >= 4 is 58.3 Å². The van der Waals surface area contributed by atoms with Gasteiger partial charge in [0.2, 0.25) is 0 Å². The number of hydrogen-bond donors (Lipinski definition) is 1. The molecule has 1 saturated heterocycles. The van der Waals surface area contributed by atoms with Gasteiger partial charge in [-0.2, -0.15) is 0 Å². The van der Waals surface area contributed by atoms with Gasteiger partial charge >= 0.3 is 5.97 Å². The first-order valence-electron chi connectivity index (χ1n) is 13.1. The molecule has 9 nitrogen and oxygen atoms in total. The number of nitrogens with zero attached hydrogens (tertiary/aromatic N) is 1. The molecule has 2 atom stereocenters. The molecule has 224 valence electrons. The van der Waals surface area contributed by atoms with Crippen molar-refractivity contribution in [1.82, 2.24) is 4.90 Å². The monoisotopic (exact) mass is 649 g/mol. The maximum atomic E-state index is 14.0. The van der Waals surface area contributed by atoms with Gasteiger partial charge < -0.3 is 33.7 Å². The molecule has 0 bridgehead atoms. The third kappa shape index (κ3) is 6.49. The number of aliphatic hydroxyl groups is 1. The lowest BCUT2D eigenvalue weighted by atomic mass is 9.70. The number of ether oxygens (including phenoxy) is 5. The highest BCUT2D eigenvalue weighted by atomic mass is 35.5. The molecule has 0 saturated carbocycles. The third-order valence-corrected chi connectivity index (χ3v) is 8.98. The number of carbonyl (C=O) groups excluding carboxylic acids is 2. The summed E-state index contributed by atoms with van der Waals surface area (Å²) in [6.45, 7) is 3.50. The summed E-state index contributed by atoms with van der Waals surface area (Å²) in [7, 11) is 0. The van der Waals surface area contributed by atoms with Gasteiger partial charge in [-0.15, -0.1) is 0 Å². The molecule has 2 aliphatic rings. The molecule has 0 radical (unpaired) electrons. The molecule has 2 heterocycles. The molecule has 1 fully saturated rings. The van der Waals surface area contributed by atoms with E-state index >= 15 is 0 Å². The number of cyclic esters (lactones) is 1. The van der Waals surface area contributed by atoms with Crippen LogP contribution in [0.5, 0.6) is 0 Å². The number of amides is 1. The van der Waals surface area contributed by atoms with Crippen molar-refractivity contribution < 1.29 is 38.4 Å². The highest BCUT2D eigenvalue weighted by Crippen LogP contribution is 2.57.